The number of pyridine rings is 2. The Balaban J connectivity index is 1.18. The van der Waals surface area contributed by atoms with Gasteiger partial charge in [-0.3, -0.25) is 4.79 Å². The molecule has 2 aromatic heterocycles. The molecule has 2 amide bonds. The Morgan fingerprint density at radius 3 is 2.86 bits per heavy atom. The molecule has 0 radical (unpaired) electrons. The second-order valence-corrected chi connectivity index (χ2v) is 10.1. The molecule has 0 spiro atoms. The van der Waals surface area contributed by atoms with Crippen LogP contribution in [0, 0.1) is 10.7 Å². The van der Waals surface area contributed by atoms with Crippen LogP contribution in [0.3, 0.4) is 0 Å². The van der Waals surface area contributed by atoms with Gasteiger partial charge in [-0.05, 0) is 48.6 Å². The highest BCUT2D eigenvalue weighted by atomic mass is 35.5. The van der Waals surface area contributed by atoms with Crippen molar-refractivity contribution in [3.63, 3.8) is 0 Å². The lowest BCUT2D eigenvalue weighted by molar-refractivity contribution is -0.530. The van der Waals surface area contributed by atoms with Crippen LogP contribution >= 0.6 is 11.6 Å². The highest BCUT2D eigenvalue weighted by Crippen LogP contribution is 2.43. The zero-order chi connectivity index (χ0) is 25.7. The molecule has 3 atom stereocenters. The van der Waals surface area contributed by atoms with E-state index in [0.717, 1.165) is 28.7 Å². The number of fused-ring (bicyclic) bond motifs is 4. The number of nitroso groups, excluding NO2 is 1. The number of carbonyl (C=O) groups excluding carboxylic acids is 1. The van der Waals surface area contributed by atoms with Crippen molar-refractivity contribution >= 4 is 23.3 Å². The summed E-state index contributed by atoms with van der Waals surface area (Å²) in [5.74, 6) is -0.241. The molecule has 6 rings (SSSR count). The lowest BCUT2D eigenvalue weighted by atomic mass is 9.95. The van der Waals surface area contributed by atoms with E-state index in [1.54, 1.807) is 29.3 Å². The van der Waals surface area contributed by atoms with Crippen LogP contribution in [0.25, 0.3) is 11.1 Å². The van der Waals surface area contributed by atoms with Crippen LogP contribution < -0.4 is 15.6 Å². The van der Waals surface area contributed by atoms with Gasteiger partial charge in [-0.15, -0.1) is 0 Å². The molecule has 2 fully saturated rings. The van der Waals surface area contributed by atoms with E-state index in [-0.39, 0.29) is 34.5 Å². The predicted molar refractivity (Wildman–Crippen MR) is 134 cm³/mol. The van der Waals surface area contributed by atoms with Gasteiger partial charge in [-0.25, -0.2) is 14.2 Å². The highest BCUT2D eigenvalue weighted by molar-refractivity contribution is 6.33. The lowest BCUT2D eigenvalue weighted by Crippen LogP contribution is -2.44. The summed E-state index contributed by atoms with van der Waals surface area (Å²) in [5.41, 5.74) is 2.73. The molecule has 3 aromatic rings. The topological polar surface area (TPSA) is 107 Å². The Morgan fingerprint density at radius 1 is 1.24 bits per heavy atom. The number of hydrogen-bond donors (Lipinski definition) is 2. The van der Waals surface area contributed by atoms with Crippen LogP contribution in [0.15, 0.2) is 47.5 Å². The van der Waals surface area contributed by atoms with Crippen molar-refractivity contribution in [3.8, 4) is 17.0 Å². The maximum absolute atomic E-state index is 15.1. The number of aromatic amines is 1. The van der Waals surface area contributed by atoms with Crippen LogP contribution in [-0.2, 0) is 6.42 Å². The molecule has 0 aliphatic carbocycles. The Bertz CT molecular complexity index is 1460. The number of rotatable bonds is 4. The molecular formula is C26H24ClFN5O4+. The van der Waals surface area contributed by atoms with Gasteiger partial charge >= 0.3 is 6.03 Å². The van der Waals surface area contributed by atoms with E-state index in [2.05, 4.69) is 15.3 Å². The Kier molecular flexibility index (Phi) is 5.91. The number of amides is 2. The first kappa shape index (κ1) is 23.6. The normalized spacial score (nSPS) is 22.2. The molecule has 1 unspecified atom stereocenters. The molecule has 5 heterocycles. The van der Waals surface area contributed by atoms with Crippen molar-refractivity contribution in [2.24, 2.45) is 0 Å². The van der Waals surface area contributed by atoms with Gasteiger partial charge in [0.25, 0.3) is 0 Å². The number of aromatic nitrogens is 2. The van der Waals surface area contributed by atoms with E-state index in [4.69, 9.17) is 16.3 Å². The molecular weight excluding hydrogens is 501 g/mol. The summed E-state index contributed by atoms with van der Waals surface area (Å²) in [6, 6.07) is 7.01. The summed E-state index contributed by atoms with van der Waals surface area (Å²) in [5, 5.41) is 2.94. The van der Waals surface area contributed by atoms with Crippen LogP contribution in [0.4, 0.5) is 14.9 Å². The van der Waals surface area contributed by atoms with Gasteiger partial charge < -0.3 is 19.9 Å². The summed E-state index contributed by atoms with van der Waals surface area (Å²) in [4.78, 5) is 45.0. The fourth-order valence-corrected chi connectivity index (χ4v) is 5.85. The Morgan fingerprint density at radius 2 is 2.11 bits per heavy atom. The number of nitrogens with zero attached hydrogens (tertiary/aromatic N) is 3. The molecule has 37 heavy (non-hydrogen) atoms. The zero-order valence-electron chi connectivity index (χ0n) is 19.7. The van der Waals surface area contributed by atoms with E-state index < -0.39 is 11.8 Å². The number of ether oxygens (including phenoxy) is 1. The van der Waals surface area contributed by atoms with Crippen molar-refractivity contribution < 1.29 is 18.7 Å². The first-order valence-corrected chi connectivity index (χ1v) is 12.6. The quantitative estimate of drug-likeness (QED) is 0.490. The Hall–Kier alpha value is -3.79. The summed E-state index contributed by atoms with van der Waals surface area (Å²) in [6.07, 6.45) is 5.83. The molecule has 2 saturated heterocycles. The number of halogens is 2. The van der Waals surface area contributed by atoms with Crippen molar-refractivity contribution in [1.29, 1.82) is 0 Å². The van der Waals surface area contributed by atoms with Gasteiger partial charge in [-0.2, -0.15) is 0 Å². The second kappa shape index (κ2) is 9.26. The van der Waals surface area contributed by atoms with Gasteiger partial charge in [-0.1, -0.05) is 11.6 Å². The molecule has 2 bridgehead atoms. The van der Waals surface area contributed by atoms with Crippen molar-refractivity contribution in [2.45, 2.75) is 43.9 Å². The lowest BCUT2D eigenvalue weighted by Gasteiger charge is -2.36. The number of hydrogen-bond acceptors (Lipinski definition) is 5. The molecule has 3 aliphatic heterocycles. The van der Waals surface area contributed by atoms with E-state index in [0.29, 0.717) is 42.9 Å². The van der Waals surface area contributed by atoms with Gasteiger partial charge in [0, 0.05) is 51.4 Å². The van der Waals surface area contributed by atoms with E-state index in [1.807, 2.05) is 0 Å². The molecule has 190 valence electrons. The SMILES string of the molecule is O=C(Nc1cc(Cl)c(-c2ccc(OC3CC[N+](=O)C3)nc2)cc1F)N1[C@H]2CC[C@@H]1c1c[nH]c(=O)cc1C2. The number of H-pyrrole nitrogens is 1. The molecule has 11 heteroatoms. The fourth-order valence-electron chi connectivity index (χ4n) is 5.58. The average molecular weight is 525 g/mol. The minimum Gasteiger partial charge on any atom is -0.467 e. The summed E-state index contributed by atoms with van der Waals surface area (Å²) < 4.78 is 21.8. The van der Waals surface area contributed by atoms with Gasteiger partial charge in [0.1, 0.15) is 5.82 Å². The number of nitrogens with one attached hydrogen (secondary N) is 2. The molecule has 0 saturated carbocycles. The van der Waals surface area contributed by atoms with Gasteiger partial charge in [0.05, 0.1) is 23.2 Å². The molecule has 3 aliphatic rings. The summed E-state index contributed by atoms with van der Waals surface area (Å²) in [6.45, 7) is 0.742. The van der Waals surface area contributed by atoms with Crippen LogP contribution in [0.1, 0.15) is 36.4 Å². The fraction of sp³-hybridized carbons (Fsp3) is 0.346. The van der Waals surface area contributed by atoms with Crippen LogP contribution in [0.2, 0.25) is 5.02 Å². The smallest absolute Gasteiger partial charge is 0.322 e. The number of carbonyl (C=O) groups is 1. The van der Waals surface area contributed by atoms with Gasteiger partial charge in [0.15, 0.2) is 12.6 Å². The average Bonchev–Trinajstić information content (AvgIpc) is 3.43. The molecule has 1 aromatic carbocycles. The van der Waals surface area contributed by atoms with Crippen molar-refractivity contribution in [3.05, 3.63) is 80.0 Å². The number of benzene rings is 1. The highest BCUT2D eigenvalue weighted by Gasteiger charge is 2.43. The monoisotopic (exact) mass is 524 g/mol. The summed E-state index contributed by atoms with van der Waals surface area (Å²) in [7, 11) is 0. The second-order valence-electron chi connectivity index (χ2n) is 9.68. The predicted octanol–water partition coefficient (Wildman–Crippen LogP) is 4.45. The largest absolute Gasteiger partial charge is 0.467 e. The molecule has 2 N–H and O–H groups in total. The third-order valence-electron chi connectivity index (χ3n) is 7.34. The number of urea groups is 1. The minimum atomic E-state index is -0.622. The van der Waals surface area contributed by atoms with Crippen LogP contribution in [0.5, 0.6) is 5.88 Å². The maximum atomic E-state index is 15.1. The number of anilines is 1. The third kappa shape index (κ3) is 4.46. The van der Waals surface area contributed by atoms with Crippen molar-refractivity contribution in [2.75, 3.05) is 18.4 Å². The minimum absolute atomic E-state index is 0.0123. The van der Waals surface area contributed by atoms with Gasteiger partial charge in [0.2, 0.25) is 18.0 Å². The van der Waals surface area contributed by atoms with E-state index >= 15 is 4.39 Å². The zero-order valence-corrected chi connectivity index (χ0v) is 20.5. The van der Waals surface area contributed by atoms with E-state index in [9.17, 15) is 14.5 Å². The molecule has 9 nitrogen and oxygen atoms in total. The summed E-state index contributed by atoms with van der Waals surface area (Å²) >= 11 is 6.49. The maximum Gasteiger partial charge on any atom is 0.322 e. The van der Waals surface area contributed by atoms with Crippen LogP contribution in [-0.4, -0.2) is 50.9 Å². The Labute approximate surface area is 216 Å². The first-order valence-electron chi connectivity index (χ1n) is 12.2. The van der Waals surface area contributed by atoms with Crippen molar-refractivity contribution in [1.82, 2.24) is 14.9 Å². The third-order valence-corrected chi connectivity index (χ3v) is 7.65. The van der Waals surface area contributed by atoms with E-state index in [1.165, 1.54) is 18.3 Å². The first-order chi connectivity index (χ1) is 17.9. The standard InChI is InChI=1S/C26H23ClFN5O4/c27-20-10-22(31-26(35)33-16-2-3-23(33)19-12-29-24(34)8-15(19)7-16)21(28)9-18(20)14-1-4-25(30-11-14)37-17-5-6-32(36)13-17/h1,4,8-12,16-17,23H,2-3,5-7,13H2,(H-,29,31,34,35)/p+1/t16-,17?,23+/m0/s1.